The van der Waals surface area contributed by atoms with E-state index in [2.05, 4.69) is 173 Å². The number of hydrogen-bond donors (Lipinski definition) is 0. The second-order valence-corrected chi connectivity index (χ2v) is 19.4. The molecule has 0 fully saturated rings. The van der Waals surface area contributed by atoms with Crippen LogP contribution in [0.5, 0.6) is 11.5 Å². The molecule has 0 atom stereocenters. The van der Waals surface area contributed by atoms with Gasteiger partial charge in [0.2, 0.25) is 0 Å². The number of aromatic nitrogens is 4. The predicted octanol–water partition coefficient (Wildman–Crippen LogP) is 9.77. The lowest BCUT2D eigenvalue weighted by molar-refractivity contribution is 0.483. The van der Waals surface area contributed by atoms with Gasteiger partial charge in [-0.05, 0) is 80.7 Å². The van der Waals surface area contributed by atoms with Crippen LogP contribution in [0.25, 0.3) is 54.9 Å². The summed E-state index contributed by atoms with van der Waals surface area (Å²) >= 11 is 1.88. The average molecular weight is 765 g/mol. The van der Waals surface area contributed by atoms with Crippen molar-refractivity contribution in [3.63, 3.8) is 0 Å². The standard InChI is InChI=1S/C50H32N4OSSi/c1-3-15-36(16-4-1)57(37-17-5-2-6-18-37)45-23-10-9-22-44(45)56-48-46(57)27-26-40-41-20-12-28-51-50(41)54(47(40)48)33-13-11-14-34(31-33)55-35-24-25-38-39-19-7-8-21-43(39)53-30-29-52-49(53)42(38)32-35/h1-32H. The van der Waals surface area contributed by atoms with Crippen molar-refractivity contribution in [3.8, 4) is 17.2 Å². The van der Waals surface area contributed by atoms with Crippen LogP contribution in [0.3, 0.4) is 0 Å². The van der Waals surface area contributed by atoms with Gasteiger partial charge in [-0.1, -0.05) is 127 Å². The van der Waals surface area contributed by atoms with Gasteiger partial charge in [-0.3, -0.25) is 8.97 Å². The summed E-state index contributed by atoms with van der Waals surface area (Å²) in [6.45, 7) is 0. The quantitative estimate of drug-likeness (QED) is 0.129. The molecule has 7 heteroatoms. The Labute approximate surface area is 333 Å². The molecule has 1 aliphatic heterocycles. The largest absolute Gasteiger partial charge is 0.457 e. The third kappa shape index (κ3) is 4.70. The van der Waals surface area contributed by atoms with Crippen LogP contribution in [0.4, 0.5) is 0 Å². The van der Waals surface area contributed by atoms with Gasteiger partial charge in [0.15, 0.2) is 8.07 Å². The predicted molar refractivity (Wildman–Crippen MR) is 237 cm³/mol. The fraction of sp³-hybridized carbons (Fsp3) is 0. The minimum absolute atomic E-state index is 0.748. The van der Waals surface area contributed by atoms with Crippen molar-refractivity contribution < 1.29 is 4.74 Å². The van der Waals surface area contributed by atoms with Crippen molar-refractivity contribution in [2.75, 3.05) is 0 Å². The molecule has 0 spiro atoms. The molecule has 1 aliphatic rings. The van der Waals surface area contributed by atoms with Gasteiger partial charge in [-0.15, -0.1) is 0 Å². The summed E-state index contributed by atoms with van der Waals surface area (Å²) in [6.07, 6.45) is 5.78. The van der Waals surface area contributed by atoms with E-state index in [0.717, 1.165) is 50.2 Å². The molecule has 12 rings (SSSR count). The average Bonchev–Trinajstić information content (AvgIpc) is 3.91. The first-order chi connectivity index (χ1) is 28.3. The normalized spacial score (nSPS) is 13.3. The van der Waals surface area contributed by atoms with Crippen LogP contribution < -0.4 is 25.5 Å². The number of nitrogens with zero attached hydrogens (tertiary/aromatic N) is 4. The van der Waals surface area contributed by atoms with E-state index >= 15 is 0 Å². The van der Waals surface area contributed by atoms with Crippen LogP contribution in [0, 0.1) is 0 Å². The number of pyridine rings is 2. The molecule has 11 aromatic rings. The summed E-state index contributed by atoms with van der Waals surface area (Å²) in [4.78, 5) is 12.4. The third-order valence-electron chi connectivity index (χ3n) is 11.6. The number of benzene rings is 7. The van der Waals surface area contributed by atoms with E-state index < -0.39 is 8.07 Å². The van der Waals surface area contributed by atoms with Gasteiger partial charge in [0, 0.05) is 56.0 Å². The highest BCUT2D eigenvalue weighted by atomic mass is 32.2. The molecule has 0 radical (unpaired) electrons. The van der Waals surface area contributed by atoms with Gasteiger partial charge < -0.3 is 4.74 Å². The molecule has 0 amide bonds. The molecule has 5 heterocycles. The van der Waals surface area contributed by atoms with Gasteiger partial charge in [0.25, 0.3) is 0 Å². The second-order valence-electron chi connectivity index (χ2n) is 14.6. The molecule has 268 valence electrons. The number of hydrogen-bond acceptors (Lipinski definition) is 4. The molecule has 7 aromatic carbocycles. The first kappa shape index (κ1) is 32.3. The minimum atomic E-state index is -2.77. The maximum absolute atomic E-state index is 6.73. The van der Waals surface area contributed by atoms with E-state index in [1.807, 2.05) is 42.5 Å². The summed E-state index contributed by atoms with van der Waals surface area (Å²) in [5, 5.41) is 11.2. The van der Waals surface area contributed by atoms with E-state index in [9.17, 15) is 0 Å². The number of ether oxygens (including phenoxy) is 1. The first-order valence-electron chi connectivity index (χ1n) is 19.1. The zero-order valence-corrected chi connectivity index (χ0v) is 32.4. The number of para-hydroxylation sites is 1. The van der Waals surface area contributed by atoms with Crippen molar-refractivity contribution >= 4 is 89.8 Å². The van der Waals surface area contributed by atoms with E-state index in [4.69, 9.17) is 14.7 Å². The van der Waals surface area contributed by atoms with E-state index in [-0.39, 0.29) is 0 Å². The maximum Gasteiger partial charge on any atom is 0.181 e. The monoisotopic (exact) mass is 764 g/mol. The maximum atomic E-state index is 6.73. The van der Waals surface area contributed by atoms with Crippen molar-refractivity contribution in [1.29, 1.82) is 0 Å². The summed E-state index contributed by atoms with van der Waals surface area (Å²) in [6, 6.07) is 63.6. The smallest absolute Gasteiger partial charge is 0.181 e. The van der Waals surface area contributed by atoms with E-state index in [1.54, 1.807) is 0 Å². The van der Waals surface area contributed by atoms with Gasteiger partial charge >= 0.3 is 0 Å². The molecule has 0 aliphatic carbocycles. The van der Waals surface area contributed by atoms with Crippen LogP contribution >= 0.6 is 11.8 Å². The lowest BCUT2D eigenvalue weighted by Crippen LogP contribution is -2.76. The van der Waals surface area contributed by atoms with Crippen molar-refractivity contribution in [3.05, 3.63) is 195 Å². The number of rotatable bonds is 5. The van der Waals surface area contributed by atoms with Gasteiger partial charge in [-0.25, -0.2) is 9.97 Å². The Morgan fingerprint density at radius 3 is 2.07 bits per heavy atom. The molecule has 5 nitrogen and oxygen atoms in total. The van der Waals surface area contributed by atoms with Gasteiger partial charge in [0.1, 0.15) is 22.8 Å². The fourth-order valence-electron chi connectivity index (χ4n) is 9.27. The fourth-order valence-corrected chi connectivity index (χ4v) is 16.4. The summed E-state index contributed by atoms with van der Waals surface area (Å²) < 4.78 is 11.2. The lowest BCUT2D eigenvalue weighted by Gasteiger charge is -2.40. The topological polar surface area (TPSA) is 44.4 Å². The zero-order chi connectivity index (χ0) is 37.5. The first-order valence-corrected chi connectivity index (χ1v) is 22.0. The second kappa shape index (κ2) is 12.5. The third-order valence-corrected chi connectivity index (χ3v) is 18.0. The van der Waals surface area contributed by atoms with Crippen molar-refractivity contribution in [1.82, 2.24) is 18.9 Å². The van der Waals surface area contributed by atoms with Crippen LogP contribution in [-0.4, -0.2) is 27.0 Å². The Balaban J connectivity index is 1.08. The molecular formula is C50H32N4OSSi. The van der Waals surface area contributed by atoms with Gasteiger partial charge in [0.05, 0.1) is 16.7 Å². The Bertz CT molecular complexity index is 3340. The molecule has 0 saturated carbocycles. The SMILES string of the molecule is c1ccc([Si]2(c3ccccc3)c3ccccc3Sc3c2ccc2c4cccnc4n(-c4cccc(Oc5ccc6c7ccccc7n7ccnc7c6c5)c4)c32)cc1. The van der Waals surface area contributed by atoms with Gasteiger partial charge in [-0.2, -0.15) is 0 Å². The highest BCUT2D eigenvalue weighted by Gasteiger charge is 2.47. The highest BCUT2D eigenvalue weighted by Crippen LogP contribution is 2.42. The molecule has 0 saturated heterocycles. The number of fused-ring (bicyclic) bond motifs is 12. The van der Waals surface area contributed by atoms with Crippen molar-refractivity contribution in [2.45, 2.75) is 9.79 Å². The van der Waals surface area contributed by atoms with Crippen LogP contribution in [-0.2, 0) is 0 Å². The molecule has 0 unspecified atom stereocenters. The molecule has 4 aromatic heterocycles. The van der Waals surface area contributed by atoms with Crippen LogP contribution in [0.2, 0.25) is 0 Å². The zero-order valence-electron chi connectivity index (χ0n) is 30.6. The number of imidazole rings is 1. The summed E-state index contributed by atoms with van der Waals surface area (Å²) in [5.41, 5.74) is 5.13. The van der Waals surface area contributed by atoms with Crippen LogP contribution in [0.1, 0.15) is 0 Å². The Morgan fingerprint density at radius 1 is 0.491 bits per heavy atom. The highest BCUT2D eigenvalue weighted by molar-refractivity contribution is 8.00. The van der Waals surface area contributed by atoms with E-state index in [1.165, 1.54) is 46.8 Å². The van der Waals surface area contributed by atoms with Crippen molar-refractivity contribution in [2.24, 2.45) is 0 Å². The lowest BCUT2D eigenvalue weighted by atomic mass is 10.1. The Morgan fingerprint density at radius 2 is 1.21 bits per heavy atom. The molecule has 57 heavy (non-hydrogen) atoms. The Hall–Kier alpha value is -6.93. The molecule has 0 bridgehead atoms. The Kier molecular flexibility index (Phi) is 7.11. The van der Waals surface area contributed by atoms with Crippen LogP contribution in [0.15, 0.2) is 204 Å². The minimum Gasteiger partial charge on any atom is -0.457 e. The van der Waals surface area contributed by atoms with E-state index in [0.29, 0.717) is 0 Å². The summed E-state index contributed by atoms with van der Waals surface area (Å²) in [5.74, 6) is 1.50. The summed E-state index contributed by atoms with van der Waals surface area (Å²) in [7, 11) is -2.77. The molecule has 0 N–H and O–H groups in total. The molecular weight excluding hydrogens is 733 g/mol.